The van der Waals surface area contributed by atoms with Gasteiger partial charge in [-0.2, -0.15) is 0 Å². The molecule has 0 saturated carbocycles. The zero-order chi connectivity index (χ0) is 20.4. The third-order valence-electron chi connectivity index (χ3n) is 5.44. The van der Waals surface area contributed by atoms with Crippen LogP contribution in [0, 0.1) is 5.92 Å². The lowest BCUT2D eigenvalue weighted by molar-refractivity contribution is 0.00200. The van der Waals surface area contributed by atoms with E-state index in [1.807, 2.05) is 22.8 Å². The average molecular weight is 429 g/mol. The molecule has 0 N–H and O–H groups in total. The highest BCUT2D eigenvalue weighted by atomic mass is 32.2. The summed E-state index contributed by atoms with van der Waals surface area (Å²) in [6, 6.07) is 10.4. The number of thioether (sulfide) groups is 1. The predicted octanol–water partition coefficient (Wildman–Crippen LogP) is 5.30. The summed E-state index contributed by atoms with van der Waals surface area (Å²) in [6.07, 6.45) is 2.87. The minimum atomic E-state index is 0.117. The summed E-state index contributed by atoms with van der Waals surface area (Å²) in [5.74, 6) is 1.40. The van der Waals surface area contributed by atoms with Gasteiger partial charge in [-0.3, -0.25) is 9.36 Å². The maximum atomic E-state index is 13.6. The van der Waals surface area contributed by atoms with E-state index in [1.54, 1.807) is 23.1 Å². The van der Waals surface area contributed by atoms with E-state index in [-0.39, 0.29) is 11.7 Å². The van der Waals surface area contributed by atoms with Gasteiger partial charge >= 0.3 is 0 Å². The standard InChI is InChI=1S/C23H28N2O2S2/c1-4-12-28-23-24-21-20(17-13-18(15(2)3)27-14-19(17)29-21)22(26)25(23)11-10-16-8-6-5-7-9-16/h5-9,15,18H,4,10-14H2,1-3H3. The number of thiophene rings is 1. The van der Waals surface area contributed by atoms with E-state index in [0.29, 0.717) is 19.1 Å². The second kappa shape index (κ2) is 9.02. The Balaban J connectivity index is 1.76. The minimum Gasteiger partial charge on any atom is -0.372 e. The van der Waals surface area contributed by atoms with Crippen LogP contribution in [-0.2, 0) is 30.7 Å². The maximum Gasteiger partial charge on any atom is 0.263 e. The molecule has 3 aromatic rings. The molecule has 0 radical (unpaired) electrons. The largest absolute Gasteiger partial charge is 0.372 e. The topological polar surface area (TPSA) is 44.1 Å². The fourth-order valence-corrected chi connectivity index (χ4v) is 5.80. The number of fused-ring (bicyclic) bond motifs is 3. The predicted molar refractivity (Wildman–Crippen MR) is 122 cm³/mol. The smallest absolute Gasteiger partial charge is 0.263 e. The zero-order valence-corrected chi connectivity index (χ0v) is 18.9. The van der Waals surface area contributed by atoms with Gasteiger partial charge in [0.15, 0.2) is 5.16 Å². The van der Waals surface area contributed by atoms with Gasteiger partial charge in [0, 0.05) is 23.6 Å². The molecular weight excluding hydrogens is 400 g/mol. The molecule has 3 heterocycles. The number of ether oxygens (including phenoxy) is 1. The molecule has 1 aliphatic heterocycles. The van der Waals surface area contributed by atoms with Crippen molar-refractivity contribution in [2.24, 2.45) is 5.92 Å². The second-order valence-electron chi connectivity index (χ2n) is 7.92. The molecule has 1 atom stereocenters. The Morgan fingerprint density at radius 2 is 2.10 bits per heavy atom. The van der Waals surface area contributed by atoms with Crippen LogP contribution in [0.2, 0.25) is 0 Å². The molecule has 0 amide bonds. The molecular formula is C23H28N2O2S2. The van der Waals surface area contributed by atoms with Crippen molar-refractivity contribution in [3.63, 3.8) is 0 Å². The van der Waals surface area contributed by atoms with Gasteiger partial charge in [0.2, 0.25) is 0 Å². The minimum absolute atomic E-state index is 0.117. The van der Waals surface area contributed by atoms with Crippen molar-refractivity contribution < 1.29 is 4.74 Å². The van der Waals surface area contributed by atoms with Crippen LogP contribution in [0.15, 0.2) is 40.3 Å². The summed E-state index contributed by atoms with van der Waals surface area (Å²) in [4.78, 5) is 20.6. The Bertz CT molecular complexity index is 1040. The van der Waals surface area contributed by atoms with E-state index in [1.165, 1.54) is 16.0 Å². The van der Waals surface area contributed by atoms with E-state index in [4.69, 9.17) is 9.72 Å². The van der Waals surface area contributed by atoms with Gasteiger partial charge in [-0.25, -0.2) is 4.98 Å². The first-order valence-corrected chi connectivity index (χ1v) is 12.2. The Kier molecular flexibility index (Phi) is 6.42. The molecule has 154 valence electrons. The van der Waals surface area contributed by atoms with Gasteiger partial charge in [-0.1, -0.05) is 62.9 Å². The number of hydrogen-bond donors (Lipinski definition) is 0. The highest BCUT2D eigenvalue weighted by Crippen LogP contribution is 2.36. The van der Waals surface area contributed by atoms with Crippen LogP contribution < -0.4 is 5.56 Å². The summed E-state index contributed by atoms with van der Waals surface area (Å²) in [7, 11) is 0. The van der Waals surface area contributed by atoms with Gasteiger partial charge in [0.05, 0.1) is 18.1 Å². The van der Waals surface area contributed by atoms with E-state index in [0.717, 1.165) is 40.4 Å². The van der Waals surface area contributed by atoms with Crippen molar-refractivity contribution in [3.05, 3.63) is 56.7 Å². The molecule has 2 aromatic heterocycles. The summed E-state index contributed by atoms with van der Waals surface area (Å²) >= 11 is 3.33. The number of benzene rings is 1. The van der Waals surface area contributed by atoms with Crippen molar-refractivity contribution in [2.45, 2.75) is 64.4 Å². The van der Waals surface area contributed by atoms with Crippen molar-refractivity contribution in [1.82, 2.24) is 9.55 Å². The molecule has 0 spiro atoms. The van der Waals surface area contributed by atoms with E-state index < -0.39 is 0 Å². The number of nitrogens with zero attached hydrogens (tertiary/aromatic N) is 2. The Hall–Kier alpha value is -1.63. The van der Waals surface area contributed by atoms with E-state index in [9.17, 15) is 4.79 Å². The molecule has 6 heteroatoms. The Morgan fingerprint density at radius 1 is 1.31 bits per heavy atom. The van der Waals surface area contributed by atoms with Crippen LogP contribution in [0.25, 0.3) is 10.2 Å². The Labute approximate surface area is 180 Å². The molecule has 1 unspecified atom stereocenters. The van der Waals surface area contributed by atoms with Gasteiger partial charge in [0.1, 0.15) is 4.83 Å². The molecule has 4 rings (SSSR count). The average Bonchev–Trinajstić information content (AvgIpc) is 3.10. The quantitative estimate of drug-likeness (QED) is 0.378. The van der Waals surface area contributed by atoms with Gasteiger partial charge < -0.3 is 4.74 Å². The van der Waals surface area contributed by atoms with Crippen molar-refractivity contribution >= 4 is 33.3 Å². The van der Waals surface area contributed by atoms with E-state index in [2.05, 4.69) is 32.9 Å². The van der Waals surface area contributed by atoms with Crippen LogP contribution >= 0.6 is 23.1 Å². The van der Waals surface area contributed by atoms with Crippen LogP contribution in [0.1, 0.15) is 43.2 Å². The fourth-order valence-electron chi connectivity index (χ4n) is 3.76. The second-order valence-corrected chi connectivity index (χ2v) is 10.1. The molecule has 4 nitrogen and oxygen atoms in total. The summed E-state index contributed by atoms with van der Waals surface area (Å²) < 4.78 is 7.94. The number of aryl methyl sites for hydroxylation is 1. The highest BCUT2D eigenvalue weighted by Gasteiger charge is 2.28. The normalized spacial score (nSPS) is 16.5. The van der Waals surface area contributed by atoms with Crippen molar-refractivity contribution in [3.8, 4) is 0 Å². The fraction of sp³-hybridized carbons (Fsp3) is 0.478. The SMILES string of the molecule is CCCSc1nc2sc3c(c2c(=O)n1CCc1ccccc1)CC(C(C)C)OC3. The molecule has 0 bridgehead atoms. The van der Waals surface area contributed by atoms with Crippen LogP contribution in [0.4, 0.5) is 0 Å². The van der Waals surface area contributed by atoms with Crippen molar-refractivity contribution in [2.75, 3.05) is 5.75 Å². The number of hydrogen-bond acceptors (Lipinski definition) is 5. The third kappa shape index (κ3) is 4.30. The summed E-state index contributed by atoms with van der Waals surface area (Å²) in [6.45, 7) is 7.78. The molecule has 0 aliphatic carbocycles. The monoisotopic (exact) mass is 428 g/mol. The highest BCUT2D eigenvalue weighted by molar-refractivity contribution is 7.99. The molecule has 0 saturated heterocycles. The summed E-state index contributed by atoms with van der Waals surface area (Å²) in [5.41, 5.74) is 2.53. The van der Waals surface area contributed by atoms with Crippen LogP contribution in [0.3, 0.4) is 0 Å². The summed E-state index contributed by atoms with van der Waals surface area (Å²) in [5, 5.41) is 1.67. The maximum absolute atomic E-state index is 13.6. The lowest BCUT2D eigenvalue weighted by Crippen LogP contribution is -2.29. The van der Waals surface area contributed by atoms with Gasteiger partial charge in [0.25, 0.3) is 5.56 Å². The van der Waals surface area contributed by atoms with Gasteiger partial charge in [-0.05, 0) is 29.9 Å². The lowest BCUT2D eigenvalue weighted by Gasteiger charge is -2.26. The third-order valence-corrected chi connectivity index (χ3v) is 7.72. The Morgan fingerprint density at radius 3 is 2.83 bits per heavy atom. The molecule has 29 heavy (non-hydrogen) atoms. The molecule has 0 fully saturated rings. The first-order valence-electron chi connectivity index (χ1n) is 10.4. The first kappa shape index (κ1) is 20.6. The molecule has 1 aliphatic rings. The van der Waals surface area contributed by atoms with Gasteiger partial charge in [-0.15, -0.1) is 11.3 Å². The molecule has 1 aromatic carbocycles. The first-order chi connectivity index (χ1) is 14.1. The van der Waals surface area contributed by atoms with Crippen molar-refractivity contribution in [1.29, 1.82) is 0 Å². The van der Waals surface area contributed by atoms with E-state index >= 15 is 0 Å². The van der Waals surface area contributed by atoms with Crippen LogP contribution in [0.5, 0.6) is 0 Å². The zero-order valence-electron chi connectivity index (χ0n) is 17.3. The van der Waals surface area contributed by atoms with Crippen LogP contribution in [-0.4, -0.2) is 21.4 Å². The number of rotatable bonds is 7. The lowest BCUT2D eigenvalue weighted by atomic mass is 9.96. The number of aromatic nitrogens is 2.